The minimum Gasteiger partial charge on any atom is -0.318 e. The van der Waals surface area contributed by atoms with E-state index in [9.17, 15) is 27.2 Å². The highest BCUT2D eigenvalue weighted by Crippen LogP contribution is 2.18. The molecule has 0 spiro atoms. The van der Waals surface area contributed by atoms with Crippen LogP contribution in [0.25, 0.3) is 0 Å². The summed E-state index contributed by atoms with van der Waals surface area (Å²) in [5.41, 5.74) is -1.20. The van der Waals surface area contributed by atoms with E-state index in [0.29, 0.717) is 0 Å². The quantitative estimate of drug-likeness (QED) is 0.668. The van der Waals surface area contributed by atoms with Crippen LogP contribution in [0.15, 0.2) is 42.5 Å². The Morgan fingerprint density at radius 1 is 0.821 bits per heavy atom. The molecule has 0 unspecified atom stereocenters. The van der Waals surface area contributed by atoms with E-state index >= 15 is 0 Å². The number of halogens is 4. The van der Waals surface area contributed by atoms with Crippen molar-refractivity contribution in [2.24, 2.45) is 7.05 Å². The highest BCUT2D eigenvalue weighted by molar-refractivity contribution is 6.07. The average Bonchev–Trinajstić information content (AvgIpc) is 3.03. The fourth-order valence-corrected chi connectivity index (χ4v) is 2.35. The second kappa shape index (κ2) is 7.51. The zero-order chi connectivity index (χ0) is 20.4. The Hall–Kier alpha value is -3.69. The number of aromatic nitrogens is 2. The Balaban J connectivity index is 1.80. The van der Waals surface area contributed by atoms with Crippen molar-refractivity contribution < 1.29 is 27.2 Å². The van der Waals surface area contributed by atoms with E-state index in [0.717, 1.165) is 47.1 Å². The molecule has 0 bridgehead atoms. The molecule has 1 heterocycles. The Morgan fingerprint density at radius 2 is 1.32 bits per heavy atom. The minimum absolute atomic E-state index is 0.145. The van der Waals surface area contributed by atoms with Crippen LogP contribution in [0.4, 0.5) is 28.9 Å². The van der Waals surface area contributed by atoms with Crippen molar-refractivity contribution >= 4 is 23.2 Å². The third-order valence-corrected chi connectivity index (χ3v) is 3.70. The van der Waals surface area contributed by atoms with Crippen LogP contribution in [0.1, 0.15) is 21.0 Å². The van der Waals surface area contributed by atoms with Crippen molar-refractivity contribution in [1.82, 2.24) is 9.78 Å². The van der Waals surface area contributed by atoms with E-state index in [-0.39, 0.29) is 17.1 Å². The first-order valence-electron chi connectivity index (χ1n) is 7.81. The molecular formula is C18H12F4N4O2. The smallest absolute Gasteiger partial charge is 0.276 e. The van der Waals surface area contributed by atoms with Crippen LogP contribution in [0.5, 0.6) is 0 Å². The zero-order valence-corrected chi connectivity index (χ0v) is 14.3. The number of nitrogens with one attached hydrogen (secondary N) is 2. The molecule has 0 aliphatic rings. The molecule has 2 amide bonds. The van der Waals surface area contributed by atoms with Crippen LogP contribution in [-0.2, 0) is 7.05 Å². The highest BCUT2D eigenvalue weighted by atomic mass is 19.1. The van der Waals surface area contributed by atoms with Gasteiger partial charge in [-0.25, -0.2) is 17.6 Å². The van der Waals surface area contributed by atoms with Crippen LogP contribution in [0.2, 0.25) is 0 Å². The topological polar surface area (TPSA) is 76.0 Å². The predicted octanol–water partition coefficient (Wildman–Crippen LogP) is 3.48. The van der Waals surface area contributed by atoms with Gasteiger partial charge in [0.05, 0.1) is 11.4 Å². The molecule has 0 saturated carbocycles. The molecule has 6 nitrogen and oxygen atoms in total. The number of rotatable bonds is 4. The molecule has 0 radical (unpaired) electrons. The van der Waals surface area contributed by atoms with Crippen molar-refractivity contribution in [1.29, 1.82) is 0 Å². The van der Waals surface area contributed by atoms with Crippen LogP contribution in [0, 0.1) is 23.3 Å². The summed E-state index contributed by atoms with van der Waals surface area (Å²) < 4.78 is 54.7. The number of carbonyl (C=O) groups excluding carboxylic acids is 2. The molecule has 2 N–H and O–H groups in total. The van der Waals surface area contributed by atoms with Gasteiger partial charge in [0.25, 0.3) is 11.8 Å². The largest absolute Gasteiger partial charge is 0.318 e. The number of amides is 2. The predicted molar refractivity (Wildman–Crippen MR) is 91.8 cm³/mol. The van der Waals surface area contributed by atoms with Crippen molar-refractivity contribution in [3.05, 3.63) is 77.1 Å². The van der Waals surface area contributed by atoms with Crippen molar-refractivity contribution in [3.8, 4) is 0 Å². The van der Waals surface area contributed by atoms with Crippen LogP contribution < -0.4 is 10.6 Å². The summed E-state index contributed by atoms with van der Waals surface area (Å²) in [7, 11) is 1.34. The van der Waals surface area contributed by atoms with Gasteiger partial charge in [-0.3, -0.25) is 14.3 Å². The molecule has 0 aliphatic carbocycles. The third kappa shape index (κ3) is 4.00. The Kier molecular flexibility index (Phi) is 5.12. The van der Waals surface area contributed by atoms with Gasteiger partial charge in [-0.05, 0) is 24.3 Å². The van der Waals surface area contributed by atoms with E-state index in [4.69, 9.17) is 0 Å². The molecule has 2 aromatic carbocycles. The number of hydrogen-bond donors (Lipinski definition) is 2. The van der Waals surface area contributed by atoms with Gasteiger partial charge in [-0.1, -0.05) is 0 Å². The van der Waals surface area contributed by atoms with Crippen LogP contribution >= 0.6 is 0 Å². The first kappa shape index (κ1) is 19.1. The molecule has 28 heavy (non-hydrogen) atoms. The maximum absolute atomic E-state index is 13.7. The Labute approximate surface area is 155 Å². The van der Waals surface area contributed by atoms with Gasteiger partial charge in [-0.15, -0.1) is 0 Å². The summed E-state index contributed by atoms with van der Waals surface area (Å²) >= 11 is 0. The maximum atomic E-state index is 13.7. The minimum atomic E-state index is -0.893. The third-order valence-electron chi connectivity index (χ3n) is 3.70. The number of hydrogen-bond acceptors (Lipinski definition) is 3. The lowest BCUT2D eigenvalue weighted by molar-refractivity contribution is 0.101. The molecule has 3 aromatic rings. The van der Waals surface area contributed by atoms with Crippen molar-refractivity contribution in [3.63, 3.8) is 0 Å². The lowest BCUT2D eigenvalue weighted by atomic mass is 10.2. The molecule has 0 aliphatic heterocycles. The summed E-state index contributed by atoms with van der Waals surface area (Å²) in [6, 6.07) is 6.12. The fourth-order valence-electron chi connectivity index (χ4n) is 2.35. The summed E-state index contributed by atoms with van der Waals surface area (Å²) in [4.78, 5) is 24.5. The Bertz CT molecular complexity index is 1080. The summed E-state index contributed by atoms with van der Waals surface area (Å²) in [6.45, 7) is 0. The lowest BCUT2D eigenvalue weighted by Crippen LogP contribution is -2.17. The number of nitrogens with zero attached hydrogens (tertiary/aromatic N) is 2. The SMILES string of the molecule is Cn1nc(C(=O)Nc2cc(F)ccc2F)cc1C(=O)Nc1cc(F)ccc1F. The maximum Gasteiger partial charge on any atom is 0.276 e. The summed E-state index contributed by atoms with van der Waals surface area (Å²) in [5.74, 6) is -4.96. The number of carbonyl (C=O) groups is 2. The highest BCUT2D eigenvalue weighted by Gasteiger charge is 2.20. The molecule has 3 rings (SSSR count). The van der Waals surface area contributed by atoms with E-state index in [1.807, 2.05) is 0 Å². The van der Waals surface area contributed by atoms with Gasteiger partial charge in [0.2, 0.25) is 0 Å². The number of benzene rings is 2. The van der Waals surface area contributed by atoms with Gasteiger partial charge in [0.15, 0.2) is 5.69 Å². The van der Waals surface area contributed by atoms with Crippen molar-refractivity contribution in [2.75, 3.05) is 10.6 Å². The second-order valence-electron chi connectivity index (χ2n) is 5.70. The second-order valence-corrected chi connectivity index (χ2v) is 5.70. The molecular weight excluding hydrogens is 380 g/mol. The van der Waals surface area contributed by atoms with E-state index in [1.54, 1.807) is 0 Å². The molecule has 10 heteroatoms. The molecule has 0 saturated heterocycles. The number of aryl methyl sites for hydroxylation is 1. The lowest BCUT2D eigenvalue weighted by Gasteiger charge is -2.06. The molecule has 0 atom stereocenters. The van der Waals surface area contributed by atoms with Gasteiger partial charge in [0, 0.05) is 25.2 Å². The fraction of sp³-hybridized carbons (Fsp3) is 0.0556. The summed E-state index contributed by atoms with van der Waals surface area (Å²) in [5, 5.41) is 8.13. The first-order chi connectivity index (χ1) is 13.2. The van der Waals surface area contributed by atoms with Gasteiger partial charge >= 0.3 is 0 Å². The van der Waals surface area contributed by atoms with Crippen molar-refractivity contribution in [2.45, 2.75) is 0 Å². The van der Waals surface area contributed by atoms with Crippen LogP contribution in [-0.4, -0.2) is 21.6 Å². The Morgan fingerprint density at radius 3 is 1.86 bits per heavy atom. The molecule has 144 valence electrons. The monoisotopic (exact) mass is 392 g/mol. The summed E-state index contributed by atoms with van der Waals surface area (Å²) in [6.07, 6.45) is 0. The first-order valence-corrected chi connectivity index (χ1v) is 7.81. The average molecular weight is 392 g/mol. The zero-order valence-electron chi connectivity index (χ0n) is 14.3. The van der Waals surface area contributed by atoms with E-state index in [1.165, 1.54) is 7.05 Å². The van der Waals surface area contributed by atoms with Gasteiger partial charge in [0.1, 0.15) is 29.0 Å². The normalized spacial score (nSPS) is 10.6. The van der Waals surface area contributed by atoms with Gasteiger partial charge < -0.3 is 10.6 Å². The molecule has 1 aromatic heterocycles. The molecule has 0 fully saturated rings. The standard InChI is InChI=1S/C18H12F4N4O2/c1-26-16(18(28)24-14-7-10(20)3-5-12(14)22)8-15(25-26)17(27)23-13-6-9(19)2-4-11(13)21/h2-8H,1H3,(H,23,27)(H,24,28). The number of anilines is 2. The van der Waals surface area contributed by atoms with E-state index in [2.05, 4.69) is 15.7 Å². The van der Waals surface area contributed by atoms with Gasteiger partial charge in [-0.2, -0.15) is 5.10 Å². The van der Waals surface area contributed by atoms with E-state index < -0.39 is 40.8 Å². The van der Waals surface area contributed by atoms with Crippen LogP contribution in [0.3, 0.4) is 0 Å².